The summed E-state index contributed by atoms with van der Waals surface area (Å²) in [6.07, 6.45) is 2.06. The van der Waals surface area contributed by atoms with Crippen molar-refractivity contribution in [3.8, 4) is 23.0 Å². The van der Waals surface area contributed by atoms with Crippen molar-refractivity contribution in [1.29, 1.82) is 0 Å². The van der Waals surface area contributed by atoms with E-state index < -0.39 is 18.7 Å². The molecule has 0 bridgehead atoms. The third kappa shape index (κ3) is 5.64. The Morgan fingerprint density at radius 3 is 2.60 bits per heavy atom. The zero-order valence-corrected chi connectivity index (χ0v) is 19.6. The molecule has 4 rings (SSSR count). The number of ether oxygens (including phenoxy) is 2. The van der Waals surface area contributed by atoms with Crippen LogP contribution >= 0.6 is 0 Å². The van der Waals surface area contributed by atoms with Crippen molar-refractivity contribution in [1.82, 2.24) is 14.8 Å². The van der Waals surface area contributed by atoms with E-state index in [2.05, 4.69) is 9.72 Å². The Labute approximate surface area is 201 Å². The van der Waals surface area contributed by atoms with Gasteiger partial charge in [0.25, 0.3) is 5.91 Å². The molecule has 3 amide bonds. The van der Waals surface area contributed by atoms with Gasteiger partial charge in [-0.1, -0.05) is 0 Å². The monoisotopic (exact) mass is 493 g/mol. The lowest BCUT2D eigenvalue weighted by atomic mass is 10.1. The van der Waals surface area contributed by atoms with Gasteiger partial charge in [0, 0.05) is 31.2 Å². The largest absolute Gasteiger partial charge is 0.489 e. The molecule has 1 aromatic heterocycles. The summed E-state index contributed by atoms with van der Waals surface area (Å²) in [7, 11) is 0. The fraction of sp³-hybridized carbons (Fsp3) is 0.522. The first-order chi connectivity index (χ1) is 16.6. The molecule has 1 saturated carbocycles. The number of aromatic nitrogens is 1. The van der Waals surface area contributed by atoms with Gasteiger partial charge in [0.05, 0.1) is 12.6 Å². The van der Waals surface area contributed by atoms with Crippen molar-refractivity contribution in [3.05, 3.63) is 29.7 Å². The van der Waals surface area contributed by atoms with Crippen LogP contribution in [0.2, 0.25) is 0 Å². The van der Waals surface area contributed by atoms with Gasteiger partial charge in [0.15, 0.2) is 23.0 Å². The molecule has 12 heteroatoms. The molecule has 4 N–H and O–H groups in total. The summed E-state index contributed by atoms with van der Waals surface area (Å²) in [5.41, 5.74) is 11.9. The Hall–Kier alpha value is -3.41. The summed E-state index contributed by atoms with van der Waals surface area (Å²) in [6.45, 7) is 1.71. The SMILES string of the molecule is CC(N)c1oc(-c2ccc(OC(F)F)c(OCC3CC3)c2)nc1C(=O)N1CCN(C(N)=O)[C@H](C)C1. The minimum absolute atomic E-state index is 0.0584. The number of carbonyl (C=O) groups is 2. The highest BCUT2D eigenvalue weighted by Crippen LogP contribution is 2.37. The second-order valence-corrected chi connectivity index (χ2v) is 8.95. The normalized spacial score (nSPS) is 19.1. The Bertz CT molecular complexity index is 1090. The summed E-state index contributed by atoms with van der Waals surface area (Å²) in [5, 5.41) is 0. The number of nitrogens with two attached hydrogens (primary N) is 2. The van der Waals surface area contributed by atoms with E-state index in [-0.39, 0.29) is 53.9 Å². The van der Waals surface area contributed by atoms with Crippen LogP contribution < -0.4 is 20.9 Å². The molecule has 2 atom stereocenters. The molecule has 1 unspecified atom stereocenters. The van der Waals surface area contributed by atoms with Crippen LogP contribution in [0.1, 0.15) is 49.0 Å². The van der Waals surface area contributed by atoms with Gasteiger partial charge in [-0.15, -0.1) is 0 Å². The number of hydrogen-bond acceptors (Lipinski definition) is 7. The first-order valence-electron chi connectivity index (χ1n) is 11.5. The standard InChI is InChI=1S/C23H29F2N5O5/c1-12-10-29(7-8-30(12)23(27)32)21(31)18-19(13(2)26)35-20(28-18)15-5-6-16(34-22(24)25)17(9-15)33-11-14-3-4-14/h5-6,9,12-14,22H,3-4,7-8,10-11,26H2,1-2H3,(H2,27,32)/t12-,13?/m1/s1. The molecule has 1 aliphatic carbocycles. The lowest BCUT2D eigenvalue weighted by molar-refractivity contribution is -0.0515. The van der Waals surface area contributed by atoms with Gasteiger partial charge in [-0.05, 0) is 50.8 Å². The summed E-state index contributed by atoms with van der Waals surface area (Å²) in [5.74, 6) is 0.352. The summed E-state index contributed by atoms with van der Waals surface area (Å²) < 4.78 is 41.9. The molecule has 2 aromatic rings. The first-order valence-corrected chi connectivity index (χ1v) is 11.5. The smallest absolute Gasteiger partial charge is 0.387 e. The van der Waals surface area contributed by atoms with Gasteiger partial charge < -0.3 is 35.2 Å². The second-order valence-electron chi connectivity index (χ2n) is 8.95. The van der Waals surface area contributed by atoms with Gasteiger partial charge >= 0.3 is 12.6 Å². The van der Waals surface area contributed by atoms with E-state index in [1.54, 1.807) is 18.7 Å². The molecule has 2 heterocycles. The lowest BCUT2D eigenvalue weighted by Gasteiger charge is -2.38. The third-order valence-corrected chi connectivity index (χ3v) is 6.05. The van der Waals surface area contributed by atoms with E-state index in [0.29, 0.717) is 24.6 Å². The lowest BCUT2D eigenvalue weighted by Crippen LogP contribution is -2.56. The number of rotatable bonds is 8. The quantitative estimate of drug-likeness (QED) is 0.577. The molecule has 190 valence electrons. The number of alkyl halides is 2. The Balaban J connectivity index is 1.61. The second kappa shape index (κ2) is 10.1. The molecule has 35 heavy (non-hydrogen) atoms. The molecular formula is C23H29F2N5O5. The van der Waals surface area contributed by atoms with Crippen molar-refractivity contribution >= 4 is 11.9 Å². The maximum absolute atomic E-state index is 13.3. The van der Waals surface area contributed by atoms with Crippen LogP contribution in [-0.4, -0.2) is 65.6 Å². The topological polar surface area (TPSA) is 137 Å². The molecule has 2 aliphatic rings. The zero-order chi connectivity index (χ0) is 25.3. The van der Waals surface area contributed by atoms with Crippen LogP contribution in [0, 0.1) is 5.92 Å². The molecule has 1 saturated heterocycles. The maximum Gasteiger partial charge on any atom is 0.387 e. The minimum Gasteiger partial charge on any atom is -0.489 e. The average Bonchev–Trinajstić information content (AvgIpc) is 3.52. The van der Waals surface area contributed by atoms with Crippen LogP contribution in [0.25, 0.3) is 11.5 Å². The van der Waals surface area contributed by atoms with Gasteiger partial charge in [-0.25, -0.2) is 9.78 Å². The molecule has 1 aromatic carbocycles. The van der Waals surface area contributed by atoms with Crippen LogP contribution in [0.4, 0.5) is 13.6 Å². The predicted octanol–water partition coefficient (Wildman–Crippen LogP) is 2.98. The number of urea groups is 1. The van der Waals surface area contributed by atoms with Crippen molar-refractivity contribution in [3.63, 3.8) is 0 Å². The van der Waals surface area contributed by atoms with Crippen molar-refractivity contribution in [2.45, 2.75) is 45.4 Å². The van der Waals surface area contributed by atoms with Crippen LogP contribution in [0.15, 0.2) is 22.6 Å². The molecule has 2 fully saturated rings. The maximum atomic E-state index is 13.3. The van der Waals surface area contributed by atoms with Gasteiger partial charge in [-0.2, -0.15) is 8.78 Å². The highest BCUT2D eigenvalue weighted by Gasteiger charge is 2.33. The molecule has 10 nitrogen and oxygen atoms in total. The van der Waals surface area contributed by atoms with E-state index in [9.17, 15) is 18.4 Å². The Morgan fingerprint density at radius 2 is 2.00 bits per heavy atom. The van der Waals surface area contributed by atoms with E-state index >= 15 is 0 Å². The minimum atomic E-state index is -3.00. The van der Waals surface area contributed by atoms with Crippen LogP contribution in [0.5, 0.6) is 11.5 Å². The average molecular weight is 494 g/mol. The fourth-order valence-corrected chi connectivity index (χ4v) is 3.98. The number of oxazole rings is 1. The molecule has 0 spiro atoms. The first kappa shape index (κ1) is 24.7. The van der Waals surface area contributed by atoms with Gasteiger partial charge in [0.2, 0.25) is 5.89 Å². The van der Waals surface area contributed by atoms with Gasteiger partial charge in [0.1, 0.15) is 0 Å². The molecule has 0 radical (unpaired) electrons. The Morgan fingerprint density at radius 1 is 1.26 bits per heavy atom. The number of primary amides is 1. The number of carbonyl (C=O) groups excluding carboxylic acids is 2. The van der Waals surface area contributed by atoms with E-state index in [4.69, 9.17) is 20.6 Å². The highest BCUT2D eigenvalue weighted by molar-refractivity contribution is 5.94. The van der Waals surface area contributed by atoms with Crippen LogP contribution in [0.3, 0.4) is 0 Å². The number of piperazine rings is 1. The predicted molar refractivity (Wildman–Crippen MR) is 121 cm³/mol. The molecular weight excluding hydrogens is 464 g/mol. The van der Waals surface area contributed by atoms with E-state index in [1.165, 1.54) is 23.1 Å². The number of halogens is 2. The summed E-state index contributed by atoms with van der Waals surface area (Å²) in [6, 6.07) is 2.92. The van der Waals surface area contributed by atoms with Gasteiger partial charge in [-0.3, -0.25) is 4.79 Å². The zero-order valence-electron chi connectivity index (χ0n) is 19.6. The van der Waals surface area contributed by atoms with Crippen molar-refractivity contribution in [2.75, 3.05) is 26.2 Å². The summed E-state index contributed by atoms with van der Waals surface area (Å²) in [4.78, 5) is 32.3. The van der Waals surface area contributed by atoms with Crippen molar-refractivity contribution in [2.24, 2.45) is 17.4 Å². The van der Waals surface area contributed by atoms with Crippen LogP contribution in [-0.2, 0) is 0 Å². The summed E-state index contributed by atoms with van der Waals surface area (Å²) >= 11 is 0. The van der Waals surface area contributed by atoms with E-state index in [0.717, 1.165) is 12.8 Å². The number of benzene rings is 1. The number of nitrogens with zero attached hydrogens (tertiary/aromatic N) is 3. The molecule has 1 aliphatic heterocycles. The third-order valence-electron chi connectivity index (χ3n) is 6.05. The Kier molecular flexibility index (Phi) is 7.10. The highest BCUT2D eigenvalue weighted by atomic mass is 19.3. The van der Waals surface area contributed by atoms with Crippen molar-refractivity contribution < 1.29 is 32.3 Å². The van der Waals surface area contributed by atoms with E-state index in [1.807, 2.05) is 0 Å². The number of amides is 3. The number of hydrogen-bond donors (Lipinski definition) is 2. The fourth-order valence-electron chi connectivity index (χ4n) is 3.98.